The second-order valence-electron chi connectivity index (χ2n) is 7.19. The number of primary amides is 1. The van der Waals surface area contributed by atoms with E-state index < -0.39 is 74.0 Å². The number of epoxide rings is 1. The first-order valence-electron chi connectivity index (χ1n) is 9.96. The third kappa shape index (κ3) is 8.04. The van der Waals surface area contributed by atoms with Crippen LogP contribution >= 0.6 is 0 Å². The molecule has 10 nitrogen and oxygen atoms in total. The summed E-state index contributed by atoms with van der Waals surface area (Å²) in [7, 11) is 0. The number of carbonyl (C=O) groups excluding carboxylic acids is 4. The molecule has 0 radical (unpaired) electrons. The molecule has 0 unspecified atom stereocenters. The van der Waals surface area contributed by atoms with Gasteiger partial charge in [0.1, 0.15) is 6.04 Å². The minimum absolute atomic E-state index is 0.109. The van der Waals surface area contributed by atoms with E-state index in [2.05, 4.69) is 20.1 Å². The quantitative estimate of drug-likeness (QED) is 0.175. The molecule has 14 heteroatoms. The predicted octanol–water partition coefficient (Wildman–Crippen LogP) is -0.109. The molecule has 2 rings (SSSR count). The van der Waals surface area contributed by atoms with Crippen molar-refractivity contribution in [2.45, 2.75) is 43.7 Å². The van der Waals surface area contributed by atoms with Crippen molar-refractivity contribution in [1.29, 1.82) is 0 Å². The number of amides is 3. The zero-order chi connectivity index (χ0) is 25.3. The lowest BCUT2D eigenvalue weighted by atomic mass is 9.93. The highest BCUT2D eigenvalue weighted by atomic mass is 19.3. The fourth-order valence-corrected chi connectivity index (χ4v) is 2.95. The Balaban J connectivity index is 2.15. The fraction of sp³-hybridized carbons (Fsp3) is 0.500. The summed E-state index contributed by atoms with van der Waals surface area (Å²) in [6.45, 7) is -8.38. The summed E-state index contributed by atoms with van der Waals surface area (Å²) in [6, 6.07) is 5.22. The topological polar surface area (TPSA) is 149 Å². The van der Waals surface area contributed by atoms with Crippen molar-refractivity contribution in [1.82, 2.24) is 10.6 Å². The lowest BCUT2D eigenvalue weighted by Gasteiger charge is -2.24. The van der Waals surface area contributed by atoms with Gasteiger partial charge in [-0.3, -0.25) is 19.2 Å². The Hall–Kier alpha value is -3.10. The van der Waals surface area contributed by atoms with Crippen molar-refractivity contribution in [2.24, 2.45) is 5.73 Å². The zero-order valence-electron chi connectivity index (χ0n) is 17.7. The number of alkyl halides is 4. The van der Waals surface area contributed by atoms with Crippen molar-refractivity contribution in [2.75, 3.05) is 19.8 Å². The van der Waals surface area contributed by atoms with E-state index in [9.17, 15) is 36.7 Å². The van der Waals surface area contributed by atoms with Gasteiger partial charge in [0.05, 0.1) is 32.3 Å². The van der Waals surface area contributed by atoms with Gasteiger partial charge >= 0.3 is 13.2 Å². The first-order chi connectivity index (χ1) is 16.0. The molecule has 0 spiro atoms. The van der Waals surface area contributed by atoms with Gasteiger partial charge in [-0.25, -0.2) is 0 Å². The minimum Gasteiger partial charge on any atom is -0.367 e. The van der Waals surface area contributed by atoms with Gasteiger partial charge < -0.3 is 30.6 Å². The Kier molecular flexibility index (Phi) is 9.89. The Morgan fingerprint density at radius 1 is 1.00 bits per heavy atom. The SMILES string of the molecule is NC(=O)[C@]1(C(=O)[C@H](Cc2ccccc2)NC(=O)[C@H](COC(F)F)NC(=O)CCOC(F)F)CO1. The number of rotatable bonds is 15. The van der Waals surface area contributed by atoms with Gasteiger partial charge in [-0.1, -0.05) is 30.3 Å². The van der Waals surface area contributed by atoms with Gasteiger partial charge in [0, 0.05) is 0 Å². The van der Waals surface area contributed by atoms with Crippen LogP contribution in [0.15, 0.2) is 30.3 Å². The summed E-state index contributed by atoms with van der Waals surface area (Å²) in [5.41, 5.74) is 3.89. The van der Waals surface area contributed by atoms with E-state index in [4.69, 9.17) is 10.5 Å². The molecule has 1 aliphatic rings. The van der Waals surface area contributed by atoms with Crippen LogP contribution in [0.3, 0.4) is 0 Å². The summed E-state index contributed by atoms with van der Waals surface area (Å²) >= 11 is 0. The number of Topliss-reactive ketones (excluding diaryl/α,β-unsaturated/α-hetero) is 1. The summed E-state index contributed by atoms with van der Waals surface area (Å²) in [5.74, 6) is -3.99. The van der Waals surface area contributed by atoms with Crippen LogP contribution in [0.1, 0.15) is 12.0 Å². The number of nitrogens with two attached hydrogens (primary N) is 1. The monoisotopic (exact) mass is 493 g/mol. The van der Waals surface area contributed by atoms with E-state index >= 15 is 0 Å². The van der Waals surface area contributed by atoms with Crippen molar-refractivity contribution < 1.29 is 51.0 Å². The van der Waals surface area contributed by atoms with Crippen molar-refractivity contribution >= 4 is 23.5 Å². The first-order valence-corrected chi connectivity index (χ1v) is 9.96. The molecule has 3 amide bonds. The molecule has 3 atom stereocenters. The second kappa shape index (κ2) is 12.4. The molecular weight excluding hydrogens is 470 g/mol. The van der Waals surface area contributed by atoms with E-state index in [1.807, 2.05) is 0 Å². The van der Waals surface area contributed by atoms with E-state index in [0.29, 0.717) is 5.56 Å². The van der Waals surface area contributed by atoms with Crippen LogP contribution in [0.25, 0.3) is 0 Å². The van der Waals surface area contributed by atoms with Gasteiger partial charge in [0.2, 0.25) is 17.4 Å². The van der Waals surface area contributed by atoms with Crippen LogP contribution in [0.4, 0.5) is 17.6 Å². The molecule has 1 saturated heterocycles. The first kappa shape index (κ1) is 27.1. The summed E-state index contributed by atoms with van der Waals surface area (Å²) < 4.78 is 62.1. The number of hydrogen-bond acceptors (Lipinski definition) is 7. The fourth-order valence-electron chi connectivity index (χ4n) is 2.95. The highest BCUT2D eigenvalue weighted by Gasteiger charge is 2.59. The van der Waals surface area contributed by atoms with Gasteiger partial charge in [-0.15, -0.1) is 0 Å². The third-order valence-electron chi connectivity index (χ3n) is 4.76. The maximum atomic E-state index is 13.0. The maximum absolute atomic E-state index is 13.0. The normalized spacial score (nSPS) is 18.9. The average Bonchev–Trinajstić information content (AvgIpc) is 3.58. The molecule has 0 saturated carbocycles. The summed E-state index contributed by atoms with van der Waals surface area (Å²) in [5, 5.41) is 4.37. The van der Waals surface area contributed by atoms with Crippen LogP contribution < -0.4 is 16.4 Å². The third-order valence-corrected chi connectivity index (χ3v) is 4.76. The second-order valence-corrected chi connectivity index (χ2v) is 7.19. The van der Waals surface area contributed by atoms with Crippen molar-refractivity contribution in [3.05, 3.63) is 35.9 Å². The molecule has 1 heterocycles. The number of carbonyl (C=O) groups is 4. The molecule has 1 aliphatic heterocycles. The number of ether oxygens (including phenoxy) is 3. The number of nitrogens with one attached hydrogen (secondary N) is 2. The molecular formula is C20H23F4N3O7. The van der Waals surface area contributed by atoms with Crippen LogP contribution in [0.5, 0.6) is 0 Å². The van der Waals surface area contributed by atoms with Crippen molar-refractivity contribution in [3.63, 3.8) is 0 Å². The van der Waals surface area contributed by atoms with Gasteiger partial charge in [0.25, 0.3) is 5.91 Å². The molecule has 34 heavy (non-hydrogen) atoms. The van der Waals surface area contributed by atoms with E-state index in [1.165, 1.54) is 0 Å². The standard InChI is InChI=1S/C20H23F4N3O7/c21-18(22)32-7-6-14(28)26-13(9-33-19(23)24)16(30)27-12(8-11-4-2-1-3-5-11)15(29)20(10-34-20)17(25)31/h1-5,12-13,18-19H,6-10H2,(H2,25,31)(H,26,28)(H,27,30)/t12-,13-,20+/m0/s1. The molecule has 0 bridgehead atoms. The largest absolute Gasteiger partial charge is 0.367 e. The van der Waals surface area contributed by atoms with Gasteiger partial charge in [0.15, 0.2) is 5.78 Å². The molecule has 4 N–H and O–H groups in total. The molecule has 0 aromatic heterocycles. The van der Waals surface area contributed by atoms with Crippen LogP contribution in [0, 0.1) is 0 Å². The maximum Gasteiger partial charge on any atom is 0.345 e. The molecule has 1 fully saturated rings. The van der Waals surface area contributed by atoms with E-state index in [0.717, 1.165) is 0 Å². The highest BCUT2D eigenvalue weighted by Crippen LogP contribution is 2.29. The Labute approximate surface area is 191 Å². The molecule has 188 valence electrons. The molecule has 1 aromatic rings. The highest BCUT2D eigenvalue weighted by molar-refractivity contribution is 6.14. The summed E-state index contributed by atoms with van der Waals surface area (Å²) in [6.07, 6.45) is -0.712. The Bertz CT molecular complexity index is 869. The van der Waals surface area contributed by atoms with Crippen LogP contribution in [-0.2, 0) is 39.8 Å². The number of hydrogen-bond donors (Lipinski definition) is 3. The average molecular weight is 493 g/mol. The van der Waals surface area contributed by atoms with Crippen LogP contribution in [-0.4, -0.2) is 74.2 Å². The predicted molar refractivity (Wildman–Crippen MR) is 105 cm³/mol. The number of ketones is 1. The van der Waals surface area contributed by atoms with Crippen molar-refractivity contribution in [3.8, 4) is 0 Å². The number of benzene rings is 1. The lowest BCUT2D eigenvalue weighted by molar-refractivity contribution is -0.150. The summed E-state index contributed by atoms with van der Waals surface area (Å²) in [4.78, 5) is 49.4. The molecule has 1 aromatic carbocycles. The minimum atomic E-state index is -3.28. The molecule has 0 aliphatic carbocycles. The van der Waals surface area contributed by atoms with E-state index in [-0.39, 0.29) is 13.0 Å². The smallest absolute Gasteiger partial charge is 0.345 e. The Morgan fingerprint density at radius 3 is 2.15 bits per heavy atom. The Morgan fingerprint density at radius 2 is 1.62 bits per heavy atom. The number of halogens is 4. The van der Waals surface area contributed by atoms with E-state index in [1.54, 1.807) is 30.3 Å². The van der Waals surface area contributed by atoms with Gasteiger partial charge in [-0.2, -0.15) is 17.6 Å². The zero-order valence-corrected chi connectivity index (χ0v) is 17.7. The van der Waals surface area contributed by atoms with Gasteiger partial charge in [-0.05, 0) is 12.0 Å². The lowest BCUT2D eigenvalue weighted by Crippen LogP contribution is -2.57. The van der Waals surface area contributed by atoms with Crippen LogP contribution in [0.2, 0.25) is 0 Å².